The number of hydrogen-bond acceptors (Lipinski definition) is 3. The van der Waals surface area contributed by atoms with Crippen LogP contribution in [0.3, 0.4) is 0 Å². The van der Waals surface area contributed by atoms with Crippen LogP contribution in [-0.2, 0) is 11.3 Å². The fourth-order valence-electron chi connectivity index (χ4n) is 2.09. The van der Waals surface area contributed by atoms with Gasteiger partial charge in [-0.15, -0.1) is 13.2 Å². The van der Waals surface area contributed by atoms with Gasteiger partial charge in [-0.2, -0.15) is 0 Å². The highest BCUT2D eigenvalue weighted by Gasteiger charge is 2.31. The van der Waals surface area contributed by atoms with Gasteiger partial charge in [0.2, 0.25) is 5.91 Å². The first-order valence-electron chi connectivity index (χ1n) is 7.24. The van der Waals surface area contributed by atoms with Crippen LogP contribution < -0.4 is 15.4 Å². The van der Waals surface area contributed by atoms with E-state index >= 15 is 0 Å². The van der Waals surface area contributed by atoms with Crippen LogP contribution in [0.15, 0.2) is 48.5 Å². The summed E-state index contributed by atoms with van der Waals surface area (Å²) in [5.41, 5.74) is 0.896. The SMILES string of the molecule is CC(=O)Nc1cccc(C(=O)NCc2ccccc2OC(F)(F)F)c1. The maximum absolute atomic E-state index is 12.4. The molecule has 0 unspecified atom stereocenters. The molecule has 2 N–H and O–H groups in total. The quantitative estimate of drug-likeness (QED) is 0.866. The number of carbonyl (C=O) groups is 2. The largest absolute Gasteiger partial charge is 0.573 e. The van der Waals surface area contributed by atoms with Gasteiger partial charge in [-0.25, -0.2) is 0 Å². The molecule has 0 fully saturated rings. The van der Waals surface area contributed by atoms with E-state index in [9.17, 15) is 22.8 Å². The maximum Gasteiger partial charge on any atom is 0.573 e. The number of para-hydroxylation sites is 1. The van der Waals surface area contributed by atoms with Gasteiger partial charge in [0.15, 0.2) is 0 Å². The molecule has 0 saturated carbocycles. The molecule has 0 bridgehead atoms. The highest BCUT2D eigenvalue weighted by Crippen LogP contribution is 2.26. The highest BCUT2D eigenvalue weighted by molar-refractivity contribution is 5.96. The zero-order valence-electron chi connectivity index (χ0n) is 13.2. The lowest BCUT2D eigenvalue weighted by Gasteiger charge is -2.13. The Morgan fingerprint density at radius 2 is 1.80 bits per heavy atom. The van der Waals surface area contributed by atoms with Crippen molar-refractivity contribution >= 4 is 17.5 Å². The minimum atomic E-state index is -4.81. The van der Waals surface area contributed by atoms with Gasteiger partial charge in [-0.05, 0) is 24.3 Å². The molecule has 2 aromatic rings. The molecule has 0 aliphatic carbocycles. The standard InChI is InChI=1S/C17H15F3N2O3/c1-11(23)22-14-7-4-6-12(9-14)16(24)21-10-13-5-2-3-8-15(13)25-17(18,19)20/h2-9H,10H2,1H3,(H,21,24)(H,22,23). The van der Waals surface area contributed by atoms with Crippen molar-refractivity contribution < 1.29 is 27.5 Å². The number of rotatable bonds is 5. The Morgan fingerprint density at radius 1 is 1.08 bits per heavy atom. The van der Waals surface area contributed by atoms with Gasteiger partial charge in [0, 0.05) is 30.3 Å². The average molecular weight is 352 g/mol. The summed E-state index contributed by atoms with van der Waals surface area (Å²) in [6.45, 7) is 1.19. The van der Waals surface area contributed by atoms with Crippen molar-refractivity contribution in [2.45, 2.75) is 19.8 Å². The van der Waals surface area contributed by atoms with Crippen LogP contribution in [0.4, 0.5) is 18.9 Å². The number of halogens is 3. The summed E-state index contributed by atoms with van der Waals surface area (Å²) in [4.78, 5) is 23.2. The van der Waals surface area contributed by atoms with Crippen molar-refractivity contribution in [3.05, 3.63) is 59.7 Å². The van der Waals surface area contributed by atoms with Gasteiger partial charge in [-0.1, -0.05) is 24.3 Å². The molecule has 132 valence electrons. The van der Waals surface area contributed by atoms with E-state index in [1.54, 1.807) is 18.2 Å². The van der Waals surface area contributed by atoms with E-state index in [1.807, 2.05) is 0 Å². The Kier molecular flexibility index (Phi) is 5.63. The summed E-state index contributed by atoms with van der Waals surface area (Å²) >= 11 is 0. The van der Waals surface area contributed by atoms with Crippen molar-refractivity contribution in [3.63, 3.8) is 0 Å². The van der Waals surface area contributed by atoms with Crippen molar-refractivity contribution in [2.75, 3.05) is 5.32 Å². The maximum atomic E-state index is 12.4. The first-order chi connectivity index (χ1) is 11.7. The fourth-order valence-corrected chi connectivity index (χ4v) is 2.09. The number of anilines is 1. The van der Waals surface area contributed by atoms with Gasteiger partial charge in [0.05, 0.1) is 0 Å². The minimum absolute atomic E-state index is 0.143. The fraction of sp³-hybridized carbons (Fsp3) is 0.176. The zero-order chi connectivity index (χ0) is 18.4. The van der Waals surface area contributed by atoms with Crippen LogP contribution in [0, 0.1) is 0 Å². The lowest BCUT2D eigenvalue weighted by molar-refractivity contribution is -0.274. The van der Waals surface area contributed by atoms with Gasteiger partial charge < -0.3 is 15.4 Å². The van der Waals surface area contributed by atoms with Crippen LogP contribution in [0.1, 0.15) is 22.8 Å². The first-order valence-corrected chi connectivity index (χ1v) is 7.24. The second-order valence-corrected chi connectivity index (χ2v) is 5.10. The molecule has 0 spiro atoms. The zero-order valence-corrected chi connectivity index (χ0v) is 13.2. The molecular formula is C17H15F3N2O3. The third kappa shape index (κ3) is 5.83. The number of alkyl halides is 3. The number of nitrogens with one attached hydrogen (secondary N) is 2. The molecule has 0 aliphatic rings. The van der Waals surface area contributed by atoms with Crippen LogP contribution in [0.5, 0.6) is 5.75 Å². The summed E-state index contributed by atoms with van der Waals surface area (Å²) in [5, 5.41) is 5.07. The minimum Gasteiger partial charge on any atom is -0.405 e. The third-order valence-corrected chi connectivity index (χ3v) is 3.08. The van der Waals surface area contributed by atoms with E-state index in [-0.39, 0.29) is 29.3 Å². The van der Waals surface area contributed by atoms with Crippen molar-refractivity contribution in [1.29, 1.82) is 0 Å². The van der Waals surface area contributed by atoms with Crippen molar-refractivity contribution in [1.82, 2.24) is 5.32 Å². The highest BCUT2D eigenvalue weighted by atomic mass is 19.4. The second-order valence-electron chi connectivity index (χ2n) is 5.10. The summed E-state index contributed by atoms with van der Waals surface area (Å²) in [6, 6.07) is 11.7. The molecule has 0 heterocycles. The van der Waals surface area contributed by atoms with Crippen LogP contribution in [0.2, 0.25) is 0 Å². The summed E-state index contributed by atoms with van der Waals surface area (Å²) in [6.07, 6.45) is -4.81. The predicted molar refractivity (Wildman–Crippen MR) is 85.0 cm³/mol. The molecule has 5 nitrogen and oxygen atoms in total. The number of ether oxygens (including phenoxy) is 1. The van der Waals surface area contributed by atoms with E-state index in [4.69, 9.17) is 0 Å². The molecule has 0 saturated heterocycles. The Bertz CT molecular complexity index is 776. The lowest BCUT2D eigenvalue weighted by Crippen LogP contribution is -2.24. The Hall–Kier alpha value is -3.03. The number of carbonyl (C=O) groups excluding carboxylic acids is 2. The predicted octanol–water partition coefficient (Wildman–Crippen LogP) is 3.47. The van der Waals surface area contributed by atoms with E-state index in [0.717, 1.165) is 0 Å². The van der Waals surface area contributed by atoms with Gasteiger partial charge in [-0.3, -0.25) is 9.59 Å². The third-order valence-electron chi connectivity index (χ3n) is 3.08. The van der Waals surface area contributed by atoms with Crippen LogP contribution in [-0.4, -0.2) is 18.2 Å². The smallest absolute Gasteiger partial charge is 0.405 e. The Balaban J connectivity index is 2.07. The van der Waals surface area contributed by atoms with Gasteiger partial charge >= 0.3 is 6.36 Å². The van der Waals surface area contributed by atoms with E-state index < -0.39 is 12.3 Å². The average Bonchev–Trinajstić information content (AvgIpc) is 2.52. The van der Waals surface area contributed by atoms with Crippen LogP contribution in [0.25, 0.3) is 0 Å². The monoisotopic (exact) mass is 352 g/mol. The Labute approximate surface area is 141 Å². The molecule has 0 atom stereocenters. The second kappa shape index (κ2) is 7.69. The number of benzene rings is 2. The van der Waals surface area contributed by atoms with E-state index in [2.05, 4.69) is 15.4 Å². The van der Waals surface area contributed by atoms with Crippen LogP contribution >= 0.6 is 0 Å². The van der Waals surface area contributed by atoms with Gasteiger partial charge in [0.1, 0.15) is 5.75 Å². The van der Waals surface area contributed by atoms with Gasteiger partial charge in [0.25, 0.3) is 5.91 Å². The normalized spacial score (nSPS) is 10.9. The molecular weight excluding hydrogens is 337 g/mol. The molecule has 2 amide bonds. The Morgan fingerprint density at radius 3 is 2.48 bits per heavy atom. The van der Waals surface area contributed by atoms with Crippen molar-refractivity contribution in [3.8, 4) is 5.75 Å². The van der Waals surface area contributed by atoms with E-state index in [0.29, 0.717) is 5.69 Å². The number of amides is 2. The summed E-state index contributed by atoms with van der Waals surface area (Å²) in [7, 11) is 0. The molecule has 8 heteroatoms. The molecule has 2 aromatic carbocycles. The summed E-state index contributed by atoms with van der Waals surface area (Å²) in [5.74, 6) is -1.15. The van der Waals surface area contributed by atoms with E-state index in [1.165, 1.54) is 37.3 Å². The van der Waals surface area contributed by atoms with Crippen molar-refractivity contribution in [2.24, 2.45) is 0 Å². The molecule has 2 rings (SSSR count). The summed E-state index contributed by atoms with van der Waals surface area (Å²) < 4.78 is 41.1. The number of hydrogen-bond donors (Lipinski definition) is 2. The topological polar surface area (TPSA) is 67.4 Å². The lowest BCUT2D eigenvalue weighted by atomic mass is 10.1. The molecule has 0 aliphatic heterocycles. The first kappa shape index (κ1) is 18.3. The molecule has 0 radical (unpaired) electrons. The molecule has 0 aromatic heterocycles. The molecule has 25 heavy (non-hydrogen) atoms.